The summed E-state index contributed by atoms with van der Waals surface area (Å²) in [5, 5.41) is 0.752. The third-order valence-electron chi connectivity index (χ3n) is 1.99. The number of methoxy groups -OCH3 is 1. The Bertz CT molecular complexity index is 423. The van der Waals surface area contributed by atoms with Gasteiger partial charge in [-0.15, -0.1) is 23.1 Å². The topological polar surface area (TPSA) is 9.23 Å². The van der Waals surface area contributed by atoms with E-state index >= 15 is 0 Å². The van der Waals surface area contributed by atoms with E-state index in [0.29, 0.717) is 0 Å². The molecule has 0 aliphatic rings. The number of thiophene rings is 1. The summed E-state index contributed by atoms with van der Waals surface area (Å²) in [6.07, 6.45) is 1.98. The lowest BCUT2D eigenvalue weighted by atomic mass is 10.2. The van der Waals surface area contributed by atoms with E-state index in [4.69, 9.17) is 4.74 Å². The lowest BCUT2D eigenvalue weighted by molar-refractivity contribution is 0.405. The van der Waals surface area contributed by atoms with Crippen LogP contribution in [-0.2, 0) is 0 Å². The first kappa shape index (κ1) is 9.80. The molecule has 0 bridgehead atoms. The SMILES string of the molecule is COc1cc2cc(F)sc2cc1SC. The largest absolute Gasteiger partial charge is 0.496 e. The highest BCUT2D eigenvalue weighted by molar-refractivity contribution is 7.98. The van der Waals surface area contributed by atoms with Crippen molar-refractivity contribution in [1.82, 2.24) is 0 Å². The highest BCUT2D eigenvalue weighted by atomic mass is 32.2. The molecule has 1 aromatic heterocycles. The maximum Gasteiger partial charge on any atom is 0.177 e. The van der Waals surface area contributed by atoms with Gasteiger partial charge >= 0.3 is 0 Å². The molecule has 14 heavy (non-hydrogen) atoms. The summed E-state index contributed by atoms with van der Waals surface area (Å²) in [6, 6.07) is 5.37. The zero-order valence-electron chi connectivity index (χ0n) is 7.83. The molecule has 0 unspecified atom stereocenters. The van der Waals surface area contributed by atoms with E-state index < -0.39 is 0 Å². The molecule has 2 rings (SSSR count). The number of hydrogen-bond acceptors (Lipinski definition) is 3. The fourth-order valence-corrected chi connectivity index (χ4v) is 2.80. The molecule has 2 aromatic rings. The Balaban J connectivity index is 2.68. The molecule has 0 amide bonds. The molecule has 0 radical (unpaired) electrons. The van der Waals surface area contributed by atoms with E-state index in [1.165, 1.54) is 17.4 Å². The van der Waals surface area contributed by atoms with Gasteiger partial charge in [-0.3, -0.25) is 0 Å². The van der Waals surface area contributed by atoms with Crippen LogP contribution in [0.25, 0.3) is 10.1 Å². The monoisotopic (exact) mass is 228 g/mol. The predicted molar refractivity (Wildman–Crippen MR) is 60.1 cm³/mol. The Kier molecular flexibility index (Phi) is 2.65. The van der Waals surface area contributed by atoms with Crippen LogP contribution < -0.4 is 4.74 Å². The zero-order valence-corrected chi connectivity index (χ0v) is 9.47. The molecule has 0 aliphatic carbocycles. The van der Waals surface area contributed by atoms with E-state index in [1.54, 1.807) is 18.9 Å². The molecule has 1 aromatic carbocycles. The van der Waals surface area contributed by atoms with Crippen molar-refractivity contribution in [2.45, 2.75) is 4.90 Å². The first-order chi connectivity index (χ1) is 6.74. The van der Waals surface area contributed by atoms with Crippen LogP contribution in [0.3, 0.4) is 0 Å². The van der Waals surface area contributed by atoms with E-state index in [9.17, 15) is 4.39 Å². The summed E-state index contributed by atoms with van der Waals surface area (Å²) in [7, 11) is 1.63. The summed E-state index contributed by atoms with van der Waals surface area (Å²) >= 11 is 2.77. The molecule has 74 valence electrons. The van der Waals surface area contributed by atoms with Gasteiger partial charge in [0.25, 0.3) is 0 Å². The second kappa shape index (κ2) is 3.79. The summed E-state index contributed by atoms with van der Waals surface area (Å²) in [5.74, 6) is 0.808. The average Bonchev–Trinajstić information content (AvgIpc) is 2.54. The minimum atomic E-state index is -0.152. The van der Waals surface area contributed by atoms with E-state index in [-0.39, 0.29) is 5.13 Å². The van der Waals surface area contributed by atoms with Crippen LogP contribution in [0, 0.1) is 5.13 Å². The molecule has 1 heterocycles. The molecular weight excluding hydrogens is 219 g/mol. The van der Waals surface area contributed by atoms with Gasteiger partial charge in [0.2, 0.25) is 0 Å². The van der Waals surface area contributed by atoms with Crippen molar-refractivity contribution in [3.8, 4) is 5.75 Å². The fraction of sp³-hybridized carbons (Fsp3) is 0.200. The number of ether oxygens (including phenoxy) is 1. The van der Waals surface area contributed by atoms with E-state index in [2.05, 4.69) is 0 Å². The van der Waals surface area contributed by atoms with Gasteiger partial charge in [0.15, 0.2) is 5.13 Å². The van der Waals surface area contributed by atoms with Gasteiger partial charge < -0.3 is 4.74 Å². The molecule has 0 atom stereocenters. The quantitative estimate of drug-likeness (QED) is 0.724. The number of hydrogen-bond donors (Lipinski definition) is 0. The van der Waals surface area contributed by atoms with Gasteiger partial charge in [-0.25, -0.2) is 0 Å². The van der Waals surface area contributed by atoms with Gasteiger partial charge in [-0.05, 0) is 29.8 Å². The molecule has 0 spiro atoms. The lowest BCUT2D eigenvalue weighted by Gasteiger charge is -2.05. The van der Waals surface area contributed by atoms with Crippen molar-refractivity contribution in [3.63, 3.8) is 0 Å². The third-order valence-corrected chi connectivity index (χ3v) is 3.64. The third kappa shape index (κ3) is 1.60. The molecule has 0 fully saturated rings. The molecule has 0 N–H and O–H groups in total. The van der Waals surface area contributed by atoms with Gasteiger partial charge in [-0.2, -0.15) is 4.39 Å². The Morgan fingerprint density at radius 3 is 2.79 bits per heavy atom. The number of rotatable bonds is 2. The zero-order chi connectivity index (χ0) is 10.1. The Morgan fingerprint density at radius 1 is 1.36 bits per heavy atom. The molecule has 0 saturated carbocycles. The van der Waals surface area contributed by atoms with Crippen molar-refractivity contribution >= 4 is 33.2 Å². The number of fused-ring (bicyclic) bond motifs is 1. The van der Waals surface area contributed by atoms with Crippen molar-refractivity contribution in [1.29, 1.82) is 0 Å². The maximum atomic E-state index is 13.0. The van der Waals surface area contributed by atoms with Crippen LogP contribution in [0.5, 0.6) is 5.75 Å². The van der Waals surface area contributed by atoms with Crippen molar-refractivity contribution < 1.29 is 9.13 Å². The highest BCUT2D eigenvalue weighted by Crippen LogP contribution is 2.35. The molecule has 4 heteroatoms. The molecule has 0 aliphatic heterocycles. The van der Waals surface area contributed by atoms with E-state index in [1.807, 2.05) is 18.4 Å². The summed E-state index contributed by atoms with van der Waals surface area (Å²) in [6.45, 7) is 0. The number of benzene rings is 1. The standard InChI is InChI=1S/C10H9FOS2/c1-12-7-3-6-4-10(11)14-8(6)5-9(7)13-2/h3-5H,1-2H3. The molecular formula is C10H9FOS2. The fourth-order valence-electron chi connectivity index (χ4n) is 1.33. The van der Waals surface area contributed by atoms with Crippen molar-refractivity contribution in [3.05, 3.63) is 23.3 Å². The first-order valence-electron chi connectivity index (χ1n) is 4.05. The normalized spacial score (nSPS) is 10.8. The number of halogens is 1. The summed E-state index contributed by atoms with van der Waals surface area (Å²) in [4.78, 5) is 1.04. The molecule has 0 saturated heterocycles. The second-order valence-corrected chi connectivity index (χ2v) is 4.68. The second-order valence-electron chi connectivity index (χ2n) is 2.80. The predicted octanol–water partition coefficient (Wildman–Crippen LogP) is 3.77. The number of thioether (sulfide) groups is 1. The van der Waals surface area contributed by atoms with E-state index in [0.717, 1.165) is 20.7 Å². The van der Waals surface area contributed by atoms with Gasteiger partial charge in [0.1, 0.15) is 5.75 Å². The lowest BCUT2D eigenvalue weighted by Crippen LogP contribution is -1.84. The smallest absolute Gasteiger partial charge is 0.177 e. The van der Waals surface area contributed by atoms with Crippen LogP contribution in [0.15, 0.2) is 23.1 Å². The maximum absolute atomic E-state index is 13.0. The average molecular weight is 228 g/mol. The minimum absolute atomic E-state index is 0.152. The highest BCUT2D eigenvalue weighted by Gasteiger charge is 2.07. The summed E-state index contributed by atoms with van der Waals surface area (Å²) < 4.78 is 19.1. The minimum Gasteiger partial charge on any atom is -0.496 e. The van der Waals surface area contributed by atoms with Crippen LogP contribution >= 0.6 is 23.1 Å². The van der Waals surface area contributed by atoms with Crippen molar-refractivity contribution in [2.24, 2.45) is 0 Å². The van der Waals surface area contributed by atoms with Crippen LogP contribution in [0.2, 0.25) is 0 Å². The van der Waals surface area contributed by atoms with Crippen LogP contribution in [0.4, 0.5) is 4.39 Å². The Labute approximate surface area is 89.9 Å². The summed E-state index contributed by atoms with van der Waals surface area (Å²) in [5.41, 5.74) is 0. The Morgan fingerprint density at radius 2 is 2.14 bits per heavy atom. The Hall–Kier alpha value is -0.740. The van der Waals surface area contributed by atoms with Gasteiger partial charge in [0.05, 0.1) is 12.0 Å². The van der Waals surface area contributed by atoms with Crippen molar-refractivity contribution in [2.75, 3.05) is 13.4 Å². The van der Waals surface area contributed by atoms with Crippen LogP contribution in [0.1, 0.15) is 0 Å². The first-order valence-corrected chi connectivity index (χ1v) is 6.10. The van der Waals surface area contributed by atoms with Gasteiger partial charge in [0, 0.05) is 4.70 Å². The van der Waals surface area contributed by atoms with Gasteiger partial charge in [-0.1, -0.05) is 0 Å². The molecule has 1 nitrogen and oxygen atoms in total. The van der Waals surface area contributed by atoms with Crippen LogP contribution in [-0.4, -0.2) is 13.4 Å².